The summed E-state index contributed by atoms with van der Waals surface area (Å²) in [4.78, 5) is 11.5. The van der Waals surface area contributed by atoms with Crippen molar-refractivity contribution in [2.75, 3.05) is 11.9 Å². The average Bonchev–Trinajstić information content (AvgIpc) is 2.35. The molecule has 0 atom stereocenters. The molecular formula is C14H15ClN2O. The van der Waals surface area contributed by atoms with Crippen molar-refractivity contribution in [2.45, 2.75) is 13.5 Å². The molecule has 0 radical (unpaired) electrons. The van der Waals surface area contributed by atoms with Crippen molar-refractivity contribution in [1.29, 1.82) is 0 Å². The minimum absolute atomic E-state index is 0.00943. The Morgan fingerprint density at radius 3 is 2.78 bits per heavy atom. The number of aromatic nitrogens is 1. The van der Waals surface area contributed by atoms with Crippen LogP contribution < -0.4 is 10.9 Å². The molecule has 0 spiro atoms. The molecule has 0 aliphatic heterocycles. The molecule has 0 aliphatic rings. The monoisotopic (exact) mass is 262 g/mol. The quantitative estimate of drug-likeness (QED) is 0.919. The number of halogens is 1. The van der Waals surface area contributed by atoms with Crippen LogP contribution in [0, 0.1) is 6.92 Å². The summed E-state index contributed by atoms with van der Waals surface area (Å²) < 4.78 is 1.67. The molecule has 1 N–H and O–H groups in total. The number of nitrogens with zero attached hydrogens (tertiary/aromatic N) is 1. The minimum Gasteiger partial charge on any atom is -0.382 e. The summed E-state index contributed by atoms with van der Waals surface area (Å²) in [6, 6.07) is 10.9. The summed E-state index contributed by atoms with van der Waals surface area (Å²) in [5.74, 6) is 0. The second kappa shape index (κ2) is 5.74. The van der Waals surface area contributed by atoms with Gasteiger partial charge in [0.05, 0.1) is 10.7 Å². The van der Waals surface area contributed by atoms with Gasteiger partial charge in [0, 0.05) is 25.4 Å². The molecule has 0 aliphatic carbocycles. The van der Waals surface area contributed by atoms with Crippen LogP contribution in [0.4, 0.5) is 5.69 Å². The Labute approximate surface area is 111 Å². The first-order chi connectivity index (χ1) is 8.68. The lowest BCUT2D eigenvalue weighted by Crippen LogP contribution is -2.22. The number of hydrogen-bond acceptors (Lipinski definition) is 2. The molecule has 0 saturated heterocycles. The molecule has 3 nitrogen and oxygen atoms in total. The van der Waals surface area contributed by atoms with Gasteiger partial charge in [0.2, 0.25) is 0 Å². The van der Waals surface area contributed by atoms with Crippen molar-refractivity contribution in [3.05, 3.63) is 63.5 Å². The number of pyridine rings is 1. The molecule has 18 heavy (non-hydrogen) atoms. The van der Waals surface area contributed by atoms with Gasteiger partial charge >= 0.3 is 0 Å². The van der Waals surface area contributed by atoms with Crippen LogP contribution in [0.25, 0.3) is 0 Å². The Morgan fingerprint density at radius 2 is 2.06 bits per heavy atom. The van der Waals surface area contributed by atoms with E-state index in [-0.39, 0.29) is 5.56 Å². The molecule has 0 amide bonds. The summed E-state index contributed by atoms with van der Waals surface area (Å²) in [6.45, 7) is 3.28. The molecule has 0 saturated carbocycles. The fourth-order valence-electron chi connectivity index (χ4n) is 1.80. The standard InChI is InChI=1S/C14H15ClN2O/c1-11-5-4-6-12(15)14(11)16-8-10-17-9-3-2-7-13(17)18/h2-7,9,16H,8,10H2,1H3. The van der Waals surface area contributed by atoms with Crippen LogP contribution in [0.1, 0.15) is 5.56 Å². The topological polar surface area (TPSA) is 34.0 Å². The Morgan fingerprint density at radius 1 is 1.22 bits per heavy atom. The molecule has 94 valence electrons. The van der Waals surface area contributed by atoms with Crippen LogP contribution in [0.2, 0.25) is 5.02 Å². The Balaban J connectivity index is 2.01. The third-order valence-electron chi connectivity index (χ3n) is 2.78. The third-order valence-corrected chi connectivity index (χ3v) is 3.09. The van der Waals surface area contributed by atoms with E-state index in [1.165, 1.54) is 0 Å². The molecular weight excluding hydrogens is 248 g/mol. The van der Waals surface area contributed by atoms with Crippen LogP contribution in [-0.2, 0) is 6.54 Å². The summed E-state index contributed by atoms with van der Waals surface area (Å²) in [7, 11) is 0. The molecule has 1 aromatic carbocycles. The van der Waals surface area contributed by atoms with Gasteiger partial charge in [-0.1, -0.05) is 29.8 Å². The zero-order valence-corrected chi connectivity index (χ0v) is 10.9. The summed E-state index contributed by atoms with van der Waals surface area (Å²) in [5.41, 5.74) is 2.04. The highest BCUT2D eigenvalue weighted by Gasteiger charge is 2.02. The van der Waals surface area contributed by atoms with E-state index in [4.69, 9.17) is 11.6 Å². The molecule has 2 aromatic rings. The number of hydrogen-bond donors (Lipinski definition) is 1. The molecule has 2 rings (SSSR count). The minimum atomic E-state index is 0.00943. The van der Waals surface area contributed by atoms with Gasteiger partial charge < -0.3 is 9.88 Å². The molecule has 1 aromatic heterocycles. The smallest absolute Gasteiger partial charge is 0.250 e. The maximum absolute atomic E-state index is 11.5. The fraction of sp³-hybridized carbons (Fsp3) is 0.214. The predicted molar refractivity (Wildman–Crippen MR) is 75.4 cm³/mol. The number of aryl methyl sites for hydroxylation is 1. The zero-order valence-electron chi connectivity index (χ0n) is 10.2. The zero-order chi connectivity index (χ0) is 13.0. The predicted octanol–water partition coefficient (Wildman–Crippen LogP) is 2.92. The maximum atomic E-state index is 11.5. The fourth-order valence-corrected chi connectivity index (χ4v) is 2.09. The normalized spacial score (nSPS) is 10.3. The SMILES string of the molecule is Cc1cccc(Cl)c1NCCn1ccccc1=O. The van der Waals surface area contributed by atoms with Crippen molar-refractivity contribution < 1.29 is 0 Å². The average molecular weight is 263 g/mol. The second-order valence-electron chi connectivity index (χ2n) is 4.09. The maximum Gasteiger partial charge on any atom is 0.250 e. The summed E-state index contributed by atoms with van der Waals surface area (Å²) >= 11 is 6.11. The molecule has 0 fully saturated rings. The van der Waals surface area contributed by atoms with Crippen LogP contribution in [0.15, 0.2) is 47.4 Å². The van der Waals surface area contributed by atoms with Crippen molar-refractivity contribution >= 4 is 17.3 Å². The van der Waals surface area contributed by atoms with E-state index >= 15 is 0 Å². The van der Waals surface area contributed by atoms with Gasteiger partial charge in [-0.15, -0.1) is 0 Å². The van der Waals surface area contributed by atoms with Crippen molar-refractivity contribution in [2.24, 2.45) is 0 Å². The first-order valence-corrected chi connectivity index (χ1v) is 6.21. The lowest BCUT2D eigenvalue weighted by atomic mass is 10.2. The summed E-state index contributed by atoms with van der Waals surface area (Å²) in [5, 5.41) is 3.97. The van der Waals surface area contributed by atoms with Gasteiger partial charge in [-0.25, -0.2) is 0 Å². The molecule has 4 heteroatoms. The van der Waals surface area contributed by atoms with E-state index < -0.39 is 0 Å². The van der Waals surface area contributed by atoms with Gasteiger partial charge in [-0.2, -0.15) is 0 Å². The highest BCUT2D eigenvalue weighted by molar-refractivity contribution is 6.33. The van der Waals surface area contributed by atoms with Crippen LogP contribution in [0.5, 0.6) is 0 Å². The number of anilines is 1. The van der Waals surface area contributed by atoms with Gasteiger partial charge in [0.15, 0.2) is 0 Å². The number of benzene rings is 1. The van der Waals surface area contributed by atoms with Crippen LogP contribution in [0.3, 0.4) is 0 Å². The van der Waals surface area contributed by atoms with E-state index in [1.807, 2.05) is 31.2 Å². The van der Waals surface area contributed by atoms with E-state index in [0.717, 1.165) is 11.3 Å². The van der Waals surface area contributed by atoms with Gasteiger partial charge in [0.1, 0.15) is 0 Å². The van der Waals surface area contributed by atoms with E-state index in [1.54, 1.807) is 22.9 Å². The van der Waals surface area contributed by atoms with E-state index in [0.29, 0.717) is 18.1 Å². The first kappa shape index (κ1) is 12.7. The lowest BCUT2D eigenvalue weighted by molar-refractivity contribution is 0.697. The van der Waals surface area contributed by atoms with Crippen molar-refractivity contribution in [1.82, 2.24) is 4.57 Å². The van der Waals surface area contributed by atoms with E-state index in [2.05, 4.69) is 5.32 Å². The molecule has 0 bridgehead atoms. The Kier molecular flexibility index (Phi) is 4.05. The first-order valence-electron chi connectivity index (χ1n) is 5.83. The summed E-state index contributed by atoms with van der Waals surface area (Å²) in [6.07, 6.45) is 1.78. The largest absolute Gasteiger partial charge is 0.382 e. The van der Waals surface area contributed by atoms with Gasteiger partial charge in [-0.3, -0.25) is 4.79 Å². The second-order valence-corrected chi connectivity index (χ2v) is 4.50. The number of nitrogens with one attached hydrogen (secondary N) is 1. The van der Waals surface area contributed by atoms with Gasteiger partial charge in [0.25, 0.3) is 5.56 Å². The highest BCUT2D eigenvalue weighted by atomic mass is 35.5. The molecule has 1 heterocycles. The van der Waals surface area contributed by atoms with Gasteiger partial charge in [-0.05, 0) is 24.6 Å². The Hall–Kier alpha value is -1.74. The van der Waals surface area contributed by atoms with Crippen LogP contribution >= 0.6 is 11.6 Å². The Bertz CT molecular complexity index is 572. The van der Waals surface area contributed by atoms with Crippen LogP contribution in [-0.4, -0.2) is 11.1 Å². The van der Waals surface area contributed by atoms with Crippen molar-refractivity contribution in [3.63, 3.8) is 0 Å². The third kappa shape index (κ3) is 2.93. The highest BCUT2D eigenvalue weighted by Crippen LogP contribution is 2.24. The number of para-hydroxylation sites is 1. The van der Waals surface area contributed by atoms with Crippen molar-refractivity contribution in [3.8, 4) is 0 Å². The van der Waals surface area contributed by atoms with E-state index in [9.17, 15) is 4.79 Å². The number of rotatable bonds is 4. The lowest BCUT2D eigenvalue weighted by Gasteiger charge is -2.12. The molecule has 0 unspecified atom stereocenters.